The molecule has 276 valence electrons. The molecule has 0 spiro atoms. The lowest BCUT2D eigenvalue weighted by Crippen LogP contribution is -2.48. The Morgan fingerprint density at radius 3 is 1.52 bits per heavy atom. The Labute approximate surface area is 375 Å². The van der Waals surface area contributed by atoms with Crippen molar-refractivity contribution in [1.29, 1.82) is 0 Å². The molecule has 0 aliphatic heterocycles. The zero-order valence-electron chi connectivity index (χ0n) is 34.2. The minimum atomic E-state index is 0.174. The lowest BCUT2D eigenvalue weighted by Gasteiger charge is -2.20. The van der Waals surface area contributed by atoms with Crippen molar-refractivity contribution in [3.05, 3.63) is 176 Å². The molecule has 11 aromatic rings. The molecule has 0 saturated carbocycles. The molecule has 0 amide bonds. The first-order valence-electron chi connectivity index (χ1n) is 20.7. The lowest BCUT2D eigenvalue weighted by molar-refractivity contribution is 1.18. The van der Waals surface area contributed by atoms with Crippen LogP contribution in [0.1, 0.15) is 0 Å². The van der Waals surface area contributed by atoms with Crippen molar-refractivity contribution in [1.82, 2.24) is 9.13 Å². The molecule has 0 saturated heterocycles. The number of aromatic nitrogens is 2. The third-order valence-electron chi connectivity index (χ3n) is 12.5. The summed E-state index contributed by atoms with van der Waals surface area (Å²) in [5, 5.41) is 3.21. The number of hydrogen-bond acceptors (Lipinski definition) is 0. The second kappa shape index (κ2) is 15.1. The van der Waals surface area contributed by atoms with E-state index < -0.39 is 0 Å². The monoisotopic (exact) mass is 782 g/mol. The summed E-state index contributed by atoms with van der Waals surface area (Å²) >= 11 is 0. The quantitative estimate of drug-likeness (QED) is 0.181. The van der Waals surface area contributed by atoms with Gasteiger partial charge in [-0.2, -0.15) is 0 Å². The van der Waals surface area contributed by atoms with Crippen LogP contribution in [0.5, 0.6) is 0 Å². The van der Waals surface area contributed by atoms with Crippen LogP contribution in [0, 0.1) is 0 Å². The average Bonchev–Trinajstić information content (AvgIpc) is 3.87. The Morgan fingerprint density at radius 2 is 0.841 bits per heavy atom. The van der Waals surface area contributed by atoms with Crippen LogP contribution in [-0.4, -0.2) is 64.1 Å². The van der Waals surface area contributed by atoms with E-state index in [1.54, 1.807) is 0 Å². The average molecular weight is 782 g/mol. The molecule has 9 aromatic carbocycles. The summed E-state index contributed by atoms with van der Waals surface area (Å²) in [5.74, 6) is 0. The molecule has 0 unspecified atom stereocenters. The van der Waals surface area contributed by atoms with Gasteiger partial charge in [0.25, 0.3) is 0 Å². The summed E-state index contributed by atoms with van der Waals surface area (Å²) in [6, 6.07) is 60.6. The van der Waals surface area contributed by atoms with Gasteiger partial charge < -0.3 is 9.13 Å². The van der Waals surface area contributed by atoms with Gasteiger partial charge in [0.2, 0.25) is 0 Å². The molecule has 0 N–H and O–H groups in total. The Hall–Kier alpha value is -6.97. The topological polar surface area (TPSA) is 9.86 Å². The number of rotatable bonds is 6. The summed E-state index contributed by atoms with van der Waals surface area (Å²) in [5.41, 5.74) is 14.8. The van der Waals surface area contributed by atoms with Crippen molar-refractivity contribution in [3.63, 3.8) is 0 Å². The Kier molecular flexibility index (Phi) is 9.35. The summed E-state index contributed by atoms with van der Waals surface area (Å²) in [6.07, 6.45) is 0. The van der Waals surface area contributed by atoms with Gasteiger partial charge in [0.15, 0.2) is 0 Å². The highest BCUT2D eigenvalue weighted by atomic mass is 15.0. The second-order valence-corrected chi connectivity index (χ2v) is 16.0. The normalized spacial score (nSPS) is 11.6. The predicted molar refractivity (Wildman–Crippen MR) is 275 cm³/mol. The van der Waals surface area contributed by atoms with E-state index in [2.05, 4.69) is 138 Å². The van der Waals surface area contributed by atoms with Gasteiger partial charge in [-0.25, -0.2) is 0 Å². The number of hydrogen-bond donors (Lipinski definition) is 0. The van der Waals surface area contributed by atoms with Crippen molar-refractivity contribution >= 4 is 137 Å². The first-order chi connectivity index (χ1) is 30.7. The minimum absolute atomic E-state index is 0.174. The van der Waals surface area contributed by atoms with E-state index in [1.807, 2.05) is 47.0 Å². The molecule has 0 aliphatic rings. The predicted octanol–water partition coefficient (Wildman–Crippen LogP) is 6.11. The summed E-state index contributed by atoms with van der Waals surface area (Å²) in [4.78, 5) is 0. The molecule has 0 aliphatic carbocycles. The van der Waals surface area contributed by atoms with Crippen molar-refractivity contribution in [2.45, 2.75) is 0 Å². The van der Waals surface area contributed by atoms with Gasteiger partial charge in [0.05, 0.1) is 16.7 Å². The van der Waals surface area contributed by atoms with Gasteiger partial charge in [0, 0.05) is 38.4 Å². The van der Waals surface area contributed by atoms with Gasteiger partial charge in [-0.05, 0) is 80.7 Å². The van der Waals surface area contributed by atoms with Crippen LogP contribution >= 0.6 is 0 Å². The van der Waals surface area contributed by atoms with Gasteiger partial charge in [-0.3, -0.25) is 0 Å². The molecule has 14 radical (unpaired) electrons. The van der Waals surface area contributed by atoms with Crippen molar-refractivity contribution in [2.24, 2.45) is 0 Å². The summed E-state index contributed by atoms with van der Waals surface area (Å²) in [6.45, 7) is 0. The fraction of sp³-hybridized carbons (Fsp3) is 0. The van der Waals surface area contributed by atoms with Crippen LogP contribution in [0.3, 0.4) is 0 Å². The van der Waals surface area contributed by atoms with E-state index in [-0.39, 0.29) is 21.9 Å². The Morgan fingerprint density at radius 1 is 0.302 bits per heavy atom. The van der Waals surface area contributed by atoms with Crippen LogP contribution in [-0.2, 0) is 0 Å². The van der Waals surface area contributed by atoms with Gasteiger partial charge in [-0.1, -0.05) is 167 Å². The van der Waals surface area contributed by atoms with Crippen LogP contribution in [0.4, 0.5) is 0 Å². The smallest absolute Gasteiger partial charge is 0.115 e. The molecule has 0 atom stereocenters. The molecular weight excluding hydrogens is 752 g/mol. The van der Waals surface area contributed by atoms with Gasteiger partial charge in [-0.15, -0.1) is 10.9 Å². The van der Waals surface area contributed by atoms with E-state index >= 15 is 0 Å². The minimum Gasteiger partial charge on any atom is -0.311 e. The standard InChI is InChI=1S/C54H29B7N2/c55-46-43(47(56)51(60)53-44(46)45-48(57)49(58)50(59)52(61)54(45)62(53)36-20-12-19-33(27-36)30-13-4-1-5-14-30)35-24-26-41-39(28-35)38-25-23-34(31-15-6-2-7-16-31)29-42(38)63(41)40-22-11-10-21-37(40)32-17-8-3-9-18-32/h1-29H. The molecular formula is C54H29B7N2. The van der Waals surface area contributed by atoms with E-state index in [1.165, 1.54) is 0 Å². The maximum absolute atomic E-state index is 7.41. The molecule has 2 aromatic heterocycles. The van der Waals surface area contributed by atoms with Crippen LogP contribution in [0.2, 0.25) is 0 Å². The summed E-state index contributed by atoms with van der Waals surface area (Å²) < 4.78 is 4.30. The van der Waals surface area contributed by atoms with Crippen molar-refractivity contribution < 1.29 is 0 Å². The third-order valence-corrected chi connectivity index (χ3v) is 12.5. The number of para-hydroxylation sites is 1. The maximum Gasteiger partial charge on any atom is 0.115 e. The Balaban J connectivity index is 1.20. The highest BCUT2D eigenvalue weighted by Crippen LogP contribution is 2.40. The fourth-order valence-corrected chi connectivity index (χ4v) is 9.49. The van der Waals surface area contributed by atoms with Crippen molar-refractivity contribution in [3.8, 4) is 55.9 Å². The first kappa shape index (κ1) is 38.9. The highest BCUT2D eigenvalue weighted by Gasteiger charge is 2.25. The highest BCUT2D eigenvalue weighted by molar-refractivity contribution is 6.69. The number of nitrogens with zero attached hydrogens (tertiary/aromatic N) is 2. The summed E-state index contributed by atoms with van der Waals surface area (Å²) in [7, 11) is 48.8. The van der Waals surface area contributed by atoms with E-state index in [0.717, 1.165) is 72.1 Å². The number of fused-ring (bicyclic) bond motifs is 6. The third kappa shape index (κ3) is 6.04. The van der Waals surface area contributed by atoms with Crippen LogP contribution in [0.15, 0.2) is 176 Å². The van der Waals surface area contributed by atoms with Crippen LogP contribution in [0.25, 0.3) is 99.5 Å². The molecule has 2 nitrogen and oxygen atoms in total. The molecule has 2 heterocycles. The zero-order valence-corrected chi connectivity index (χ0v) is 34.2. The van der Waals surface area contributed by atoms with E-state index in [0.29, 0.717) is 43.8 Å². The molecule has 9 heteroatoms. The first-order valence-corrected chi connectivity index (χ1v) is 20.7. The van der Waals surface area contributed by atoms with Crippen molar-refractivity contribution in [2.75, 3.05) is 0 Å². The van der Waals surface area contributed by atoms with Gasteiger partial charge >= 0.3 is 0 Å². The van der Waals surface area contributed by atoms with Gasteiger partial charge in [0.1, 0.15) is 54.9 Å². The number of benzene rings is 9. The fourth-order valence-electron chi connectivity index (χ4n) is 9.49. The zero-order chi connectivity index (χ0) is 43.1. The molecule has 63 heavy (non-hydrogen) atoms. The Bertz CT molecular complexity index is 3630. The SMILES string of the molecule is [B]c1c([B])c([B])c2c(c1[B])c1c([B])c(-c3ccc4c(c3)c3ccc(-c5ccccc5)cc3n4-c3ccccc3-c3ccccc3)c([B])c([B])c1n2-c1cccc(-c2ccccc2)c1. The van der Waals surface area contributed by atoms with Crippen LogP contribution < -0.4 is 38.2 Å². The molecule has 11 rings (SSSR count). The molecule has 0 fully saturated rings. The largest absolute Gasteiger partial charge is 0.311 e. The lowest BCUT2D eigenvalue weighted by atomic mass is 9.64. The van der Waals surface area contributed by atoms with E-state index in [9.17, 15) is 0 Å². The maximum atomic E-state index is 7.41. The second-order valence-electron chi connectivity index (χ2n) is 16.0. The molecule has 0 bridgehead atoms. The van der Waals surface area contributed by atoms with E-state index in [4.69, 9.17) is 54.9 Å².